The first kappa shape index (κ1) is 15.6. The average Bonchev–Trinajstić information content (AvgIpc) is 2.48. The Morgan fingerprint density at radius 3 is 2.57 bits per heavy atom. The Morgan fingerprint density at radius 2 is 1.95 bits per heavy atom. The van der Waals surface area contributed by atoms with Crippen molar-refractivity contribution in [3.8, 4) is 5.75 Å². The molecule has 1 aromatic rings. The average molecular weight is 301 g/mol. The Kier molecular flexibility index (Phi) is 4.70. The second-order valence-electron chi connectivity index (χ2n) is 4.57. The molecular weight excluding hydrogens is 286 g/mol. The van der Waals surface area contributed by atoms with E-state index in [9.17, 15) is 25.4 Å². The van der Waals surface area contributed by atoms with Crippen LogP contribution in [0.5, 0.6) is 5.75 Å². The molecule has 9 nitrogen and oxygen atoms in total. The first-order valence-electron chi connectivity index (χ1n) is 6.15. The zero-order valence-electron chi connectivity index (χ0n) is 10.8. The Bertz CT molecular complexity index is 508. The molecule has 21 heavy (non-hydrogen) atoms. The zero-order valence-corrected chi connectivity index (χ0v) is 10.8. The van der Waals surface area contributed by atoms with E-state index >= 15 is 0 Å². The highest BCUT2D eigenvalue weighted by atomic mass is 16.7. The highest BCUT2D eigenvalue weighted by Gasteiger charge is 2.44. The van der Waals surface area contributed by atoms with Crippen LogP contribution in [0.15, 0.2) is 24.3 Å². The molecule has 9 heteroatoms. The van der Waals surface area contributed by atoms with Crippen LogP contribution in [0.2, 0.25) is 0 Å². The molecule has 1 aromatic carbocycles. The standard InChI is InChI=1S/C12H15NO8/c14-5-8-9(15)10(16)11(17)12(21-8)20-7-3-1-2-6(4-7)13(18)19/h1-4,8-12,14-17H,5H2/t8-,9-,10+,11+,12+/m1/s1. The van der Waals surface area contributed by atoms with E-state index in [4.69, 9.17) is 14.6 Å². The third-order valence-electron chi connectivity index (χ3n) is 3.13. The lowest BCUT2D eigenvalue weighted by Gasteiger charge is -2.39. The fraction of sp³-hybridized carbons (Fsp3) is 0.500. The molecule has 0 spiro atoms. The summed E-state index contributed by atoms with van der Waals surface area (Å²) in [4.78, 5) is 10.1. The van der Waals surface area contributed by atoms with E-state index in [1.165, 1.54) is 18.2 Å². The van der Waals surface area contributed by atoms with Crippen LogP contribution >= 0.6 is 0 Å². The summed E-state index contributed by atoms with van der Waals surface area (Å²) < 4.78 is 10.4. The van der Waals surface area contributed by atoms with Gasteiger partial charge in [-0.3, -0.25) is 10.1 Å². The molecule has 1 aliphatic rings. The van der Waals surface area contributed by atoms with Gasteiger partial charge in [0, 0.05) is 6.07 Å². The number of benzene rings is 1. The normalized spacial score (nSPS) is 32.7. The van der Waals surface area contributed by atoms with E-state index < -0.39 is 42.2 Å². The molecule has 1 aliphatic heterocycles. The van der Waals surface area contributed by atoms with Crippen molar-refractivity contribution in [1.29, 1.82) is 0 Å². The van der Waals surface area contributed by atoms with Crippen LogP contribution in [0.4, 0.5) is 5.69 Å². The van der Waals surface area contributed by atoms with Crippen LogP contribution in [0.25, 0.3) is 0 Å². The fourth-order valence-electron chi connectivity index (χ4n) is 1.97. The van der Waals surface area contributed by atoms with Crippen molar-refractivity contribution in [2.75, 3.05) is 6.61 Å². The van der Waals surface area contributed by atoms with Crippen LogP contribution in [0.3, 0.4) is 0 Å². The minimum atomic E-state index is -1.57. The van der Waals surface area contributed by atoms with Crippen molar-refractivity contribution in [2.45, 2.75) is 30.7 Å². The maximum Gasteiger partial charge on any atom is 0.273 e. The Balaban J connectivity index is 2.14. The van der Waals surface area contributed by atoms with Gasteiger partial charge in [0.25, 0.3) is 5.69 Å². The quantitative estimate of drug-likeness (QED) is 0.400. The van der Waals surface area contributed by atoms with Gasteiger partial charge < -0.3 is 29.9 Å². The summed E-state index contributed by atoms with van der Waals surface area (Å²) in [5.74, 6) is 0.0496. The maximum atomic E-state index is 10.7. The lowest BCUT2D eigenvalue weighted by molar-refractivity contribution is -0.385. The van der Waals surface area contributed by atoms with Crippen molar-refractivity contribution in [3.63, 3.8) is 0 Å². The molecule has 0 aromatic heterocycles. The number of nitro groups is 1. The summed E-state index contributed by atoms with van der Waals surface area (Å²) in [6.45, 7) is -0.584. The predicted octanol–water partition coefficient (Wildman–Crippen LogP) is -1.23. The molecule has 0 amide bonds. The van der Waals surface area contributed by atoms with Gasteiger partial charge in [0.1, 0.15) is 30.2 Å². The number of nitrogens with zero attached hydrogens (tertiary/aromatic N) is 1. The van der Waals surface area contributed by atoms with E-state index in [1.54, 1.807) is 0 Å². The minimum absolute atomic E-state index is 0.0496. The molecule has 0 bridgehead atoms. The summed E-state index contributed by atoms with van der Waals surface area (Å²) >= 11 is 0. The molecule has 1 fully saturated rings. The lowest BCUT2D eigenvalue weighted by atomic mass is 9.99. The number of aliphatic hydroxyl groups is 4. The fourth-order valence-corrected chi connectivity index (χ4v) is 1.97. The Labute approximate surface area is 119 Å². The summed E-state index contributed by atoms with van der Waals surface area (Å²) in [5, 5.41) is 48.7. The third kappa shape index (κ3) is 3.28. The molecular formula is C12H15NO8. The number of hydrogen-bond donors (Lipinski definition) is 4. The first-order chi connectivity index (χ1) is 9.93. The van der Waals surface area contributed by atoms with Crippen LogP contribution in [0, 0.1) is 10.1 Å². The van der Waals surface area contributed by atoms with Crippen molar-refractivity contribution in [1.82, 2.24) is 0 Å². The molecule has 5 atom stereocenters. The van der Waals surface area contributed by atoms with Gasteiger partial charge in [0.05, 0.1) is 17.6 Å². The van der Waals surface area contributed by atoms with Gasteiger partial charge in [-0.15, -0.1) is 0 Å². The van der Waals surface area contributed by atoms with Crippen LogP contribution in [-0.2, 0) is 4.74 Å². The summed E-state index contributed by atoms with van der Waals surface area (Å²) in [5.41, 5.74) is -0.211. The number of ether oxygens (including phenoxy) is 2. The predicted molar refractivity (Wildman–Crippen MR) is 67.5 cm³/mol. The molecule has 0 saturated carbocycles. The first-order valence-corrected chi connectivity index (χ1v) is 6.15. The minimum Gasteiger partial charge on any atom is -0.462 e. The van der Waals surface area contributed by atoms with Gasteiger partial charge in [-0.25, -0.2) is 0 Å². The number of aliphatic hydroxyl groups excluding tert-OH is 4. The third-order valence-corrected chi connectivity index (χ3v) is 3.13. The van der Waals surface area contributed by atoms with Crippen molar-refractivity contribution in [3.05, 3.63) is 34.4 Å². The summed E-state index contributed by atoms with van der Waals surface area (Å²) in [6.07, 6.45) is -7.11. The van der Waals surface area contributed by atoms with Crippen molar-refractivity contribution in [2.24, 2.45) is 0 Å². The number of nitro benzene ring substituents is 1. The van der Waals surface area contributed by atoms with E-state index in [0.717, 1.165) is 6.07 Å². The van der Waals surface area contributed by atoms with Crippen LogP contribution < -0.4 is 4.74 Å². The second-order valence-corrected chi connectivity index (χ2v) is 4.57. The van der Waals surface area contributed by atoms with E-state index in [1.807, 2.05) is 0 Å². The van der Waals surface area contributed by atoms with Gasteiger partial charge in [-0.2, -0.15) is 0 Å². The molecule has 0 radical (unpaired) electrons. The van der Waals surface area contributed by atoms with Gasteiger partial charge in [0.2, 0.25) is 6.29 Å². The van der Waals surface area contributed by atoms with E-state index in [0.29, 0.717) is 0 Å². The Hall–Kier alpha value is -1.78. The maximum absolute atomic E-state index is 10.7. The van der Waals surface area contributed by atoms with E-state index in [-0.39, 0.29) is 11.4 Å². The highest BCUT2D eigenvalue weighted by molar-refractivity contribution is 5.38. The smallest absolute Gasteiger partial charge is 0.273 e. The lowest BCUT2D eigenvalue weighted by Crippen LogP contribution is -2.60. The molecule has 4 N–H and O–H groups in total. The van der Waals surface area contributed by atoms with Gasteiger partial charge >= 0.3 is 0 Å². The monoisotopic (exact) mass is 301 g/mol. The molecule has 1 saturated heterocycles. The molecule has 1 heterocycles. The molecule has 2 rings (SSSR count). The summed E-state index contributed by atoms with van der Waals surface area (Å²) in [6, 6.07) is 5.19. The number of rotatable bonds is 4. The topological polar surface area (TPSA) is 143 Å². The summed E-state index contributed by atoms with van der Waals surface area (Å²) in [7, 11) is 0. The van der Waals surface area contributed by atoms with Crippen molar-refractivity contribution >= 4 is 5.69 Å². The number of non-ortho nitro benzene ring substituents is 1. The van der Waals surface area contributed by atoms with Gasteiger partial charge in [0.15, 0.2) is 0 Å². The van der Waals surface area contributed by atoms with Crippen LogP contribution in [-0.4, -0.2) is 62.7 Å². The number of hydrogen-bond acceptors (Lipinski definition) is 8. The van der Waals surface area contributed by atoms with Crippen LogP contribution in [0.1, 0.15) is 0 Å². The van der Waals surface area contributed by atoms with Gasteiger partial charge in [-0.1, -0.05) is 6.07 Å². The van der Waals surface area contributed by atoms with Gasteiger partial charge in [-0.05, 0) is 6.07 Å². The Morgan fingerprint density at radius 1 is 1.24 bits per heavy atom. The largest absolute Gasteiger partial charge is 0.462 e. The van der Waals surface area contributed by atoms with E-state index in [2.05, 4.69) is 0 Å². The second kappa shape index (κ2) is 6.33. The zero-order chi connectivity index (χ0) is 15.6. The molecule has 116 valence electrons. The SMILES string of the molecule is O=[N+]([O-])c1cccc(O[C@H]2O[C@H](CO)[C@@H](O)[C@H](O)[C@@H]2O)c1. The van der Waals surface area contributed by atoms with Crippen molar-refractivity contribution < 1.29 is 34.8 Å². The molecule has 0 aliphatic carbocycles. The highest BCUT2D eigenvalue weighted by Crippen LogP contribution is 2.26. The molecule has 0 unspecified atom stereocenters.